The van der Waals surface area contributed by atoms with E-state index >= 15 is 0 Å². The highest BCUT2D eigenvalue weighted by atomic mass is 35.5. The number of nitrogens with zero attached hydrogens (tertiary/aromatic N) is 1. The molecule has 0 aromatic heterocycles. The van der Waals surface area contributed by atoms with E-state index in [9.17, 15) is 0 Å². The summed E-state index contributed by atoms with van der Waals surface area (Å²) in [4.78, 5) is 2.15. The minimum Gasteiger partial charge on any atom is -0.312 e. The van der Waals surface area contributed by atoms with Gasteiger partial charge in [0.2, 0.25) is 0 Å². The van der Waals surface area contributed by atoms with Gasteiger partial charge in [-0.05, 0) is 14.1 Å². The molecule has 0 radical (unpaired) electrons. The molecule has 0 fully saturated rings. The summed E-state index contributed by atoms with van der Waals surface area (Å²) in [5.41, 5.74) is 0. The third kappa shape index (κ3) is 9.95. The topological polar surface area (TPSA) is 15.3 Å². The Labute approximate surface area is 74.2 Å². The summed E-state index contributed by atoms with van der Waals surface area (Å²) in [5, 5.41) is 3.26. The number of allylic oxidation sites excluding steroid dienone is 1. The summed E-state index contributed by atoms with van der Waals surface area (Å²) in [6, 6.07) is 0. The molecule has 66 valence electrons. The summed E-state index contributed by atoms with van der Waals surface area (Å²) in [6.07, 6.45) is 3.99. The molecule has 0 spiro atoms. The summed E-state index contributed by atoms with van der Waals surface area (Å²) in [6.45, 7) is 3.02. The number of alkyl halides is 1. The average Bonchev–Trinajstić information content (AvgIpc) is 1.96. The second-order valence-corrected chi connectivity index (χ2v) is 2.94. The summed E-state index contributed by atoms with van der Waals surface area (Å²) < 4.78 is 0. The largest absolute Gasteiger partial charge is 0.312 e. The van der Waals surface area contributed by atoms with E-state index in [0.29, 0.717) is 5.88 Å². The lowest BCUT2D eigenvalue weighted by Crippen LogP contribution is -2.26. The third-order valence-corrected chi connectivity index (χ3v) is 1.43. The van der Waals surface area contributed by atoms with Gasteiger partial charge >= 0.3 is 0 Å². The predicted octanol–water partition coefficient (Wildman–Crippen LogP) is 0.933. The van der Waals surface area contributed by atoms with Crippen LogP contribution in [0.2, 0.25) is 0 Å². The first-order valence-corrected chi connectivity index (χ1v) is 4.37. The zero-order valence-corrected chi connectivity index (χ0v) is 8.06. The van der Waals surface area contributed by atoms with E-state index in [2.05, 4.69) is 24.3 Å². The number of hydrogen-bond acceptors (Lipinski definition) is 2. The van der Waals surface area contributed by atoms with E-state index < -0.39 is 0 Å². The number of halogens is 1. The molecule has 0 heterocycles. The minimum atomic E-state index is 0.607. The first kappa shape index (κ1) is 11.0. The van der Waals surface area contributed by atoms with Crippen LogP contribution in [0.15, 0.2) is 12.2 Å². The van der Waals surface area contributed by atoms with Crippen molar-refractivity contribution in [2.24, 2.45) is 0 Å². The van der Waals surface area contributed by atoms with Crippen molar-refractivity contribution in [2.75, 3.05) is 39.6 Å². The first-order chi connectivity index (χ1) is 5.27. The number of nitrogens with one attached hydrogen (secondary N) is 1. The third-order valence-electron chi connectivity index (χ3n) is 1.25. The molecule has 0 aliphatic rings. The Kier molecular flexibility index (Phi) is 8.01. The molecule has 0 aromatic carbocycles. The van der Waals surface area contributed by atoms with Gasteiger partial charge in [0.15, 0.2) is 0 Å². The van der Waals surface area contributed by atoms with Crippen LogP contribution in [-0.4, -0.2) is 44.5 Å². The van der Waals surface area contributed by atoms with E-state index in [4.69, 9.17) is 11.6 Å². The Morgan fingerprint density at radius 1 is 1.36 bits per heavy atom. The fourth-order valence-electron chi connectivity index (χ4n) is 0.634. The smallest absolute Gasteiger partial charge is 0.0404 e. The number of rotatable bonds is 6. The molecule has 0 aromatic rings. The predicted molar refractivity (Wildman–Crippen MR) is 51.3 cm³/mol. The second-order valence-electron chi connectivity index (χ2n) is 2.63. The van der Waals surface area contributed by atoms with Crippen molar-refractivity contribution in [3.05, 3.63) is 12.2 Å². The lowest BCUT2D eigenvalue weighted by Gasteiger charge is -2.08. The Hall–Kier alpha value is -0.0500. The lowest BCUT2D eigenvalue weighted by atomic mass is 10.5. The Morgan fingerprint density at radius 3 is 2.64 bits per heavy atom. The van der Waals surface area contributed by atoms with E-state index in [0.717, 1.165) is 19.6 Å². The molecular formula is C8H17ClN2. The standard InChI is InChI=1S/C8H17ClN2/c1-11(2)8-7-10-6-4-3-5-9/h3-4,10H,5-8H2,1-2H3/b4-3+. The highest BCUT2D eigenvalue weighted by Crippen LogP contribution is 1.76. The first-order valence-electron chi connectivity index (χ1n) is 3.83. The van der Waals surface area contributed by atoms with Gasteiger partial charge in [0.25, 0.3) is 0 Å². The van der Waals surface area contributed by atoms with Crippen molar-refractivity contribution >= 4 is 11.6 Å². The van der Waals surface area contributed by atoms with Gasteiger partial charge in [0.05, 0.1) is 0 Å². The van der Waals surface area contributed by atoms with Crippen molar-refractivity contribution in [2.45, 2.75) is 0 Å². The van der Waals surface area contributed by atoms with Crippen LogP contribution in [0.3, 0.4) is 0 Å². The highest BCUT2D eigenvalue weighted by molar-refractivity contribution is 6.18. The monoisotopic (exact) mass is 176 g/mol. The van der Waals surface area contributed by atoms with Crippen molar-refractivity contribution < 1.29 is 0 Å². The van der Waals surface area contributed by atoms with Gasteiger partial charge in [-0.1, -0.05) is 12.2 Å². The van der Waals surface area contributed by atoms with Crippen LogP contribution in [0.5, 0.6) is 0 Å². The van der Waals surface area contributed by atoms with Gasteiger partial charge < -0.3 is 10.2 Å². The molecule has 3 heteroatoms. The zero-order valence-electron chi connectivity index (χ0n) is 7.31. The molecule has 0 amide bonds. The van der Waals surface area contributed by atoms with E-state index in [1.165, 1.54) is 0 Å². The molecule has 0 atom stereocenters. The average molecular weight is 177 g/mol. The number of hydrogen-bond donors (Lipinski definition) is 1. The van der Waals surface area contributed by atoms with Gasteiger partial charge in [0, 0.05) is 25.5 Å². The molecule has 0 aliphatic heterocycles. The minimum absolute atomic E-state index is 0.607. The van der Waals surface area contributed by atoms with Crippen molar-refractivity contribution in [3.63, 3.8) is 0 Å². The molecule has 0 saturated carbocycles. The Balaban J connectivity index is 2.96. The van der Waals surface area contributed by atoms with Crippen LogP contribution in [0.4, 0.5) is 0 Å². The quantitative estimate of drug-likeness (QED) is 0.368. The van der Waals surface area contributed by atoms with Crippen molar-refractivity contribution in [1.82, 2.24) is 10.2 Å². The zero-order chi connectivity index (χ0) is 8.53. The summed E-state index contributed by atoms with van der Waals surface area (Å²) >= 11 is 5.44. The van der Waals surface area contributed by atoms with Crippen molar-refractivity contribution in [3.8, 4) is 0 Å². The molecule has 0 rings (SSSR count). The fraction of sp³-hybridized carbons (Fsp3) is 0.750. The van der Waals surface area contributed by atoms with Crippen molar-refractivity contribution in [1.29, 1.82) is 0 Å². The van der Waals surface area contributed by atoms with Crippen LogP contribution in [0.25, 0.3) is 0 Å². The Bertz CT molecular complexity index is 102. The second kappa shape index (κ2) is 8.05. The molecule has 1 N–H and O–H groups in total. The Morgan fingerprint density at radius 2 is 2.09 bits per heavy atom. The highest BCUT2D eigenvalue weighted by Gasteiger charge is 1.86. The van der Waals surface area contributed by atoms with Gasteiger partial charge in [-0.3, -0.25) is 0 Å². The maximum Gasteiger partial charge on any atom is 0.0404 e. The summed E-state index contributed by atoms with van der Waals surface area (Å²) in [5.74, 6) is 0.607. The normalized spacial score (nSPS) is 11.6. The van der Waals surface area contributed by atoms with Crippen LogP contribution in [-0.2, 0) is 0 Å². The molecular weight excluding hydrogens is 160 g/mol. The number of likely N-dealkylation sites (N-methyl/N-ethyl adjacent to an activating group) is 1. The van der Waals surface area contributed by atoms with Crippen LogP contribution in [0.1, 0.15) is 0 Å². The van der Waals surface area contributed by atoms with Gasteiger partial charge in [-0.25, -0.2) is 0 Å². The lowest BCUT2D eigenvalue weighted by molar-refractivity contribution is 0.404. The van der Waals surface area contributed by atoms with Gasteiger partial charge in [0.1, 0.15) is 0 Å². The van der Waals surface area contributed by atoms with E-state index in [1.54, 1.807) is 0 Å². The maximum atomic E-state index is 5.44. The van der Waals surface area contributed by atoms with Gasteiger partial charge in [-0.15, -0.1) is 11.6 Å². The molecule has 0 aliphatic carbocycles. The molecule has 11 heavy (non-hydrogen) atoms. The van der Waals surface area contributed by atoms with Gasteiger partial charge in [-0.2, -0.15) is 0 Å². The van der Waals surface area contributed by atoms with Crippen LogP contribution in [0, 0.1) is 0 Å². The molecule has 2 nitrogen and oxygen atoms in total. The van der Waals surface area contributed by atoms with Crippen LogP contribution >= 0.6 is 11.6 Å². The summed E-state index contributed by atoms with van der Waals surface area (Å²) in [7, 11) is 4.13. The fourth-order valence-corrected chi connectivity index (χ4v) is 0.760. The van der Waals surface area contributed by atoms with E-state index in [1.807, 2.05) is 12.2 Å². The van der Waals surface area contributed by atoms with E-state index in [-0.39, 0.29) is 0 Å². The maximum absolute atomic E-state index is 5.44. The SMILES string of the molecule is CN(C)CCNC/C=C/CCl. The molecule has 0 unspecified atom stereocenters. The molecule has 0 bridgehead atoms. The molecule has 0 saturated heterocycles. The van der Waals surface area contributed by atoms with Crippen LogP contribution < -0.4 is 5.32 Å².